The fourth-order valence-electron chi connectivity index (χ4n) is 1.89. The van der Waals surface area contributed by atoms with Gasteiger partial charge in [-0.05, 0) is 18.6 Å². The number of carbonyl (C=O) groups is 1. The first-order valence-corrected chi connectivity index (χ1v) is 5.94. The van der Waals surface area contributed by atoms with Crippen LogP contribution in [0.1, 0.15) is 35.2 Å². The lowest BCUT2D eigenvalue weighted by Crippen LogP contribution is -2.09. The number of carboxylic acids is 1. The highest BCUT2D eigenvalue weighted by molar-refractivity contribution is 5.89. The zero-order chi connectivity index (χ0) is 14.9. The molecule has 0 saturated heterocycles. The lowest BCUT2D eigenvalue weighted by atomic mass is 10.1. The van der Waals surface area contributed by atoms with Gasteiger partial charge in [-0.3, -0.25) is 0 Å². The number of rotatable bonds is 3. The Hall–Kier alpha value is -2.18. The highest BCUT2D eigenvalue weighted by Crippen LogP contribution is 2.31. The van der Waals surface area contributed by atoms with Gasteiger partial charge in [0.25, 0.3) is 0 Å². The number of fused-ring (bicyclic) bond motifs is 1. The molecule has 0 radical (unpaired) electrons. The average Bonchev–Trinajstić information content (AvgIpc) is 2.37. The minimum Gasteiger partial charge on any atom is -0.475 e. The molecule has 1 aromatic heterocycles. The third-order valence-electron chi connectivity index (χ3n) is 2.78. The van der Waals surface area contributed by atoms with Gasteiger partial charge in [-0.1, -0.05) is 19.4 Å². The van der Waals surface area contributed by atoms with Crippen LogP contribution in [0.3, 0.4) is 0 Å². The van der Waals surface area contributed by atoms with Crippen molar-refractivity contribution >= 4 is 16.9 Å². The van der Waals surface area contributed by atoms with Crippen molar-refractivity contribution in [3.8, 4) is 0 Å². The maximum atomic E-state index is 12.7. The van der Waals surface area contributed by atoms with Crippen LogP contribution in [0.4, 0.5) is 13.2 Å². The van der Waals surface area contributed by atoms with Crippen molar-refractivity contribution < 1.29 is 23.1 Å². The molecule has 4 nitrogen and oxygen atoms in total. The number of benzene rings is 1. The summed E-state index contributed by atoms with van der Waals surface area (Å²) in [7, 11) is 0. The molecule has 0 atom stereocenters. The predicted molar refractivity (Wildman–Crippen MR) is 65.5 cm³/mol. The number of aromatic nitrogens is 2. The summed E-state index contributed by atoms with van der Waals surface area (Å²) in [6.07, 6.45) is -3.32. The highest BCUT2D eigenvalue weighted by atomic mass is 19.4. The number of hydrogen-bond acceptors (Lipinski definition) is 3. The van der Waals surface area contributed by atoms with Crippen LogP contribution in [0.2, 0.25) is 0 Å². The minimum atomic E-state index is -4.49. The lowest BCUT2D eigenvalue weighted by molar-refractivity contribution is -0.137. The van der Waals surface area contributed by atoms with Crippen LogP contribution in [0.25, 0.3) is 10.9 Å². The van der Waals surface area contributed by atoms with Crippen molar-refractivity contribution in [1.29, 1.82) is 0 Å². The van der Waals surface area contributed by atoms with Crippen LogP contribution in [0, 0.1) is 0 Å². The lowest BCUT2D eigenvalue weighted by Gasteiger charge is -2.10. The van der Waals surface area contributed by atoms with Gasteiger partial charge in [0, 0.05) is 5.39 Å². The van der Waals surface area contributed by atoms with Crippen molar-refractivity contribution in [2.45, 2.75) is 25.9 Å². The quantitative estimate of drug-likeness (QED) is 0.939. The van der Waals surface area contributed by atoms with E-state index in [1.165, 1.54) is 6.07 Å². The largest absolute Gasteiger partial charge is 0.475 e. The van der Waals surface area contributed by atoms with Gasteiger partial charge < -0.3 is 5.11 Å². The zero-order valence-electron chi connectivity index (χ0n) is 10.5. The monoisotopic (exact) mass is 284 g/mol. The fourth-order valence-corrected chi connectivity index (χ4v) is 1.89. The summed E-state index contributed by atoms with van der Waals surface area (Å²) in [5, 5.41) is 9.37. The van der Waals surface area contributed by atoms with Crippen LogP contribution in [0.15, 0.2) is 18.2 Å². The molecular formula is C13H11F3N2O2. The van der Waals surface area contributed by atoms with Crippen LogP contribution in [-0.2, 0) is 12.6 Å². The van der Waals surface area contributed by atoms with Crippen molar-refractivity contribution in [2.75, 3.05) is 0 Å². The van der Waals surface area contributed by atoms with Gasteiger partial charge in [0.15, 0.2) is 0 Å². The number of halogens is 3. The Labute approximate surface area is 112 Å². The number of carboxylic acid groups (broad SMARTS) is 1. The van der Waals surface area contributed by atoms with Gasteiger partial charge in [0.2, 0.25) is 5.82 Å². The molecule has 1 N–H and O–H groups in total. The molecule has 0 fully saturated rings. The molecule has 2 aromatic rings. The second-order valence-electron chi connectivity index (χ2n) is 4.28. The number of nitrogens with zero attached hydrogens (tertiary/aromatic N) is 2. The molecule has 20 heavy (non-hydrogen) atoms. The molecule has 0 bridgehead atoms. The summed E-state index contributed by atoms with van der Waals surface area (Å²) in [5.41, 5.74) is -0.415. The molecule has 106 valence electrons. The molecule has 0 aliphatic heterocycles. The smallest absolute Gasteiger partial charge is 0.416 e. The van der Waals surface area contributed by atoms with E-state index in [-0.39, 0.29) is 5.52 Å². The van der Waals surface area contributed by atoms with Crippen molar-refractivity contribution in [3.05, 3.63) is 35.3 Å². The van der Waals surface area contributed by atoms with Gasteiger partial charge >= 0.3 is 12.1 Å². The van der Waals surface area contributed by atoms with E-state index in [4.69, 9.17) is 5.11 Å². The summed E-state index contributed by atoms with van der Waals surface area (Å²) < 4.78 is 38.0. The molecule has 0 aliphatic rings. The average molecular weight is 284 g/mol. The van der Waals surface area contributed by atoms with E-state index in [1.807, 2.05) is 6.92 Å². The van der Waals surface area contributed by atoms with Crippen LogP contribution in [-0.4, -0.2) is 21.0 Å². The zero-order valence-corrected chi connectivity index (χ0v) is 10.5. The second-order valence-corrected chi connectivity index (χ2v) is 4.28. The topological polar surface area (TPSA) is 63.1 Å². The van der Waals surface area contributed by atoms with E-state index < -0.39 is 23.5 Å². The van der Waals surface area contributed by atoms with E-state index in [0.717, 1.165) is 12.1 Å². The number of aromatic carboxylic acids is 1. The molecule has 1 aromatic carbocycles. The Morgan fingerprint density at radius 3 is 2.55 bits per heavy atom. The van der Waals surface area contributed by atoms with Gasteiger partial charge in [-0.15, -0.1) is 0 Å². The number of aryl methyl sites for hydroxylation is 1. The SMILES string of the molecule is CCCc1nc(C(=O)O)nc2cc(C(F)(F)F)ccc12. The predicted octanol–water partition coefficient (Wildman–Crippen LogP) is 3.30. The Morgan fingerprint density at radius 2 is 2.00 bits per heavy atom. The molecule has 0 saturated carbocycles. The van der Waals surface area contributed by atoms with Crippen molar-refractivity contribution in [1.82, 2.24) is 9.97 Å². The Kier molecular flexibility index (Phi) is 3.61. The fraction of sp³-hybridized carbons (Fsp3) is 0.308. The third-order valence-corrected chi connectivity index (χ3v) is 2.78. The minimum absolute atomic E-state index is 0.00400. The van der Waals surface area contributed by atoms with Gasteiger partial charge in [0.1, 0.15) is 0 Å². The summed E-state index contributed by atoms with van der Waals surface area (Å²) in [5.74, 6) is -1.85. The Balaban J connectivity index is 2.70. The summed E-state index contributed by atoms with van der Waals surface area (Å²) in [6, 6.07) is 3.09. The molecule has 2 rings (SSSR count). The van der Waals surface area contributed by atoms with Crippen LogP contribution in [0.5, 0.6) is 0 Å². The number of alkyl halides is 3. The highest BCUT2D eigenvalue weighted by Gasteiger charge is 2.31. The molecule has 0 spiro atoms. The summed E-state index contributed by atoms with van der Waals surface area (Å²) >= 11 is 0. The van der Waals surface area contributed by atoms with Gasteiger partial charge in [0.05, 0.1) is 16.8 Å². The van der Waals surface area contributed by atoms with Crippen LogP contribution < -0.4 is 0 Å². The first-order chi connectivity index (χ1) is 9.32. The number of hydrogen-bond donors (Lipinski definition) is 1. The summed E-state index contributed by atoms with van der Waals surface area (Å²) in [6.45, 7) is 1.87. The van der Waals surface area contributed by atoms with Gasteiger partial charge in [-0.2, -0.15) is 13.2 Å². The second kappa shape index (κ2) is 5.07. The first-order valence-electron chi connectivity index (χ1n) is 5.94. The molecular weight excluding hydrogens is 273 g/mol. The van der Waals surface area contributed by atoms with Gasteiger partial charge in [-0.25, -0.2) is 14.8 Å². The van der Waals surface area contributed by atoms with E-state index in [2.05, 4.69) is 9.97 Å². The van der Waals surface area contributed by atoms with E-state index >= 15 is 0 Å². The molecule has 7 heteroatoms. The van der Waals surface area contributed by atoms with E-state index in [0.29, 0.717) is 23.9 Å². The maximum absolute atomic E-state index is 12.7. The van der Waals surface area contributed by atoms with Crippen molar-refractivity contribution in [2.24, 2.45) is 0 Å². The van der Waals surface area contributed by atoms with E-state index in [1.54, 1.807) is 0 Å². The standard InChI is InChI=1S/C13H11F3N2O2/c1-2-3-9-8-5-4-7(13(14,15)16)6-10(8)18-11(17-9)12(19)20/h4-6H,2-3H2,1H3,(H,19,20). The normalized spacial score (nSPS) is 11.8. The molecule has 0 amide bonds. The Bertz CT molecular complexity index is 668. The molecule has 0 aliphatic carbocycles. The maximum Gasteiger partial charge on any atom is 0.416 e. The van der Waals surface area contributed by atoms with E-state index in [9.17, 15) is 18.0 Å². The third kappa shape index (κ3) is 2.71. The summed E-state index contributed by atoms with van der Waals surface area (Å²) in [4.78, 5) is 18.5. The van der Waals surface area contributed by atoms with Crippen LogP contribution >= 0.6 is 0 Å². The first kappa shape index (κ1) is 14.2. The molecule has 0 unspecified atom stereocenters. The van der Waals surface area contributed by atoms with Crippen molar-refractivity contribution in [3.63, 3.8) is 0 Å². The Morgan fingerprint density at radius 1 is 1.30 bits per heavy atom. The molecule has 1 heterocycles.